The lowest BCUT2D eigenvalue weighted by molar-refractivity contribution is -0.127. The zero-order valence-electron chi connectivity index (χ0n) is 22.4. The highest BCUT2D eigenvalue weighted by atomic mass is 32.2. The summed E-state index contributed by atoms with van der Waals surface area (Å²) in [5, 5.41) is 2.73. The average molecular weight is 602 g/mol. The lowest BCUT2D eigenvalue weighted by Crippen LogP contribution is -2.51. The molecule has 1 saturated heterocycles. The fourth-order valence-electron chi connectivity index (χ4n) is 4.50. The highest BCUT2D eigenvalue weighted by Gasteiger charge is 2.37. The quantitative estimate of drug-likeness (QED) is 0.369. The van der Waals surface area contributed by atoms with E-state index in [1.54, 1.807) is 60.7 Å². The molecule has 3 aromatic rings. The van der Waals surface area contributed by atoms with Gasteiger partial charge in [0.1, 0.15) is 18.1 Å². The molecule has 5 rings (SSSR count). The van der Waals surface area contributed by atoms with Crippen LogP contribution < -0.4 is 19.1 Å². The summed E-state index contributed by atoms with van der Waals surface area (Å²) in [5.74, 6) is 0.246. The molecule has 0 aromatic heterocycles. The first-order valence-corrected chi connectivity index (χ1v) is 16.0. The SMILES string of the molecule is Cc1ccc(S(=O)(=O)N2C[C@@H](C(=O)NCCOc3ccc(S(=O)(=O)N4CCOCC4)cc3)Oc3ccccc32)cc1. The van der Waals surface area contributed by atoms with E-state index in [2.05, 4.69) is 5.32 Å². The maximum absolute atomic E-state index is 13.5. The summed E-state index contributed by atoms with van der Waals surface area (Å²) in [6.45, 7) is 3.26. The smallest absolute Gasteiger partial charge is 0.264 e. The van der Waals surface area contributed by atoms with Gasteiger partial charge in [-0.1, -0.05) is 29.8 Å². The summed E-state index contributed by atoms with van der Waals surface area (Å²) in [6.07, 6.45) is -1.07. The van der Waals surface area contributed by atoms with Crippen LogP contribution in [0.3, 0.4) is 0 Å². The second-order valence-electron chi connectivity index (χ2n) is 9.55. The molecule has 2 heterocycles. The van der Waals surface area contributed by atoms with Gasteiger partial charge >= 0.3 is 0 Å². The Balaban J connectivity index is 1.18. The van der Waals surface area contributed by atoms with E-state index in [0.717, 1.165) is 5.56 Å². The average Bonchev–Trinajstić information content (AvgIpc) is 2.99. The van der Waals surface area contributed by atoms with Gasteiger partial charge < -0.3 is 19.5 Å². The topological polar surface area (TPSA) is 132 Å². The van der Waals surface area contributed by atoms with E-state index < -0.39 is 32.1 Å². The molecule has 41 heavy (non-hydrogen) atoms. The molecule has 0 bridgehead atoms. The molecule has 1 fully saturated rings. The van der Waals surface area contributed by atoms with E-state index in [1.807, 2.05) is 6.92 Å². The minimum Gasteiger partial charge on any atom is -0.492 e. The molecule has 0 aliphatic carbocycles. The van der Waals surface area contributed by atoms with Crippen molar-refractivity contribution in [3.8, 4) is 11.5 Å². The summed E-state index contributed by atoms with van der Waals surface area (Å²) < 4.78 is 71.9. The minimum absolute atomic E-state index is 0.107. The molecular formula is C28H31N3O8S2. The van der Waals surface area contributed by atoms with Crippen LogP contribution in [0.1, 0.15) is 5.56 Å². The summed E-state index contributed by atoms with van der Waals surface area (Å²) in [4.78, 5) is 13.3. The van der Waals surface area contributed by atoms with Gasteiger partial charge in [-0.2, -0.15) is 4.31 Å². The maximum atomic E-state index is 13.5. The van der Waals surface area contributed by atoms with E-state index in [4.69, 9.17) is 14.2 Å². The van der Waals surface area contributed by atoms with Crippen molar-refractivity contribution in [3.63, 3.8) is 0 Å². The number of benzene rings is 3. The first-order valence-electron chi connectivity index (χ1n) is 13.1. The summed E-state index contributed by atoms with van der Waals surface area (Å²) >= 11 is 0. The number of fused-ring (bicyclic) bond motifs is 1. The lowest BCUT2D eigenvalue weighted by atomic mass is 10.2. The van der Waals surface area contributed by atoms with Crippen LogP contribution in [-0.2, 0) is 29.6 Å². The van der Waals surface area contributed by atoms with Crippen LogP contribution in [0.4, 0.5) is 5.69 Å². The number of hydrogen-bond donors (Lipinski definition) is 1. The maximum Gasteiger partial charge on any atom is 0.264 e. The van der Waals surface area contributed by atoms with E-state index in [-0.39, 0.29) is 35.2 Å². The number of morpholine rings is 1. The number of sulfonamides is 2. The van der Waals surface area contributed by atoms with E-state index in [0.29, 0.717) is 37.7 Å². The number of carbonyl (C=O) groups is 1. The van der Waals surface area contributed by atoms with Crippen molar-refractivity contribution >= 4 is 31.6 Å². The Hall–Kier alpha value is -3.65. The molecule has 0 saturated carbocycles. The molecule has 0 spiro atoms. The highest BCUT2D eigenvalue weighted by molar-refractivity contribution is 7.92. The number of carbonyl (C=O) groups excluding carboxylic acids is 1. The Bertz CT molecular complexity index is 1590. The Morgan fingerprint density at radius 3 is 2.24 bits per heavy atom. The van der Waals surface area contributed by atoms with Crippen molar-refractivity contribution in [2.75, 3.05) is 50.3 Å². The van der Waals surface area contributed by atoms with Crippen LogP contribution in [0.2, 0.25) is 0 Å². The van der Waals surface area contributed by atoms with Gasteiger partial charge in [-0.05, 0) is 55.5 Å². The standard InChI is InChI=1S/C28H31N3O8S2/c1-21-6-10-24(11-7-21)41(35,36)31-20-27(39-26-5-3-2-4-25(26)31)28(32)29-14-17-38-22-8-12-23(13-9-22)40(33,34)30-15-18-37-19-16-30/h2-13,27H,14-20H2,1H3,(H,29,32)/t27-/m0/s1. The number of anilines is 1. The molecule has 1 amide bonds. The van der Waals surface area contributed by atoms with Gasteiger partial charge in [0.25, 0.3) is 15.9 Å². The number of nitrogens with zero attached hydrogens (tertiary/aromatic N) is 2. The van der Waals surface area contributed by atoms with Gasteiger partial charge in [-0.15, -0.1) is 0 Å². The molecule has 0 unspecified atom stereocenters. The summed E-state index contributed by atoms with van der Waals surface area (Å²) in [5.41, 5.74) is 1.29. The first-order chi connectivity index (χ1) is 19.7. The monoisotopic (exact) mass is 601 g/mol. The third-order valence-corrected chi connectivity index (χ3v) is 10.4. The summed E-state index contributed by atoms with van der Waals surface area (Å²) in [7, 11) is -7.55. The van der Waals surface area contributed by atoms with Crippen molar-refractivity contribution in [2.45, 2.75) is 22.8 Å². The van der Waals surface area contributed by atoms with Crippen LogP contribution in [-0.4, -0.2) is 79.2 Å². The molecule has 2 aliphatic rings. The molecule has 13 heteroatoms. The van der Waals surface area contributed by atoms with Crippen LogP contribution in [0.25, 0.3) is 0 Å². The fraction of sp³-hybridized carbons (Fsp3) is 0.321. The highest BCUT2D eigenvalue weighted by Crippen LogP contribution is 2.36. The van der Waals surface area contributed by atoms with Gasteiger partial charge in [0, 0.05) is 13.1 Å². The molecule has 0 radical (unpaired) electrons. The Morgan fingerprint density at radius 2 is 1.54 bits per heavy atom. The van der Waals surface area contributed by atoms with E-state index in [1.165, 1.54) is 20.7 Å². The molecule has 1 atom stereocenters. The molecule has 218 valence electrons. The van der Waals surface area contributed by atoms with Gasteiger partial charge in [-0.3, -0.25) is 9.10 Å². The minimum atomic E-state index is -3.94. The van der Waals surface area contributed by atoms with Crippen LogP contribution >= 0.6 is 0 Å². The summed E-state index contributed by atoms with van der Waals surface area (Å²) in [6, 6.07) is 19.3. The van der Waals surface area contributed by atoms with Gasteiger partial charge in [0.05, 0.1) is 41.8 Å². The zero-order chi connectivity index (χ0) is 29.0. The number of rotatable bonds is 9. The fourth-order valence-corrected chi connectivity index (χ4v) is 7.39. The molecular weight excluding hydrogens is 570 g/mol. The third-order valence-electron chi connectivity index (χ3n) is 6.74. The van der Waals surface area contributed by atoms with Gasteiger partial charge in [-0.25, -0.2) is 16.8 Å². The number of nitrogens with one attached hydrogen (secondary N) is 1. The number of aryl methyl sites for hydroxylation is 1. The second-order valence-corrected chi connectivity index (χ2v) is 13.4. The van der Waals surface area contributed by atoms with E-state index >= 15 is 0 Å². The molecule has 1 N–H and O–H groups in total. The second kappa shape index (κ2) is 12.1. The number of ether oxygens (including phenoxy) is 3. The molecule has 2 aliphatic heterocycles. The normalized spacial score (nSPS) is 17.8. The molecule has 11 nitrogen and oxygen atoms in total. The number of para-hydroxylation sites is 2. The van der Waals surface area contributed by atoms with Crippen LogP contribution in [0, 0.1) is 6.92 Å². The van der Waals surface area contributed by atoms with Crippen molar-refractivity contribution < 1.29 is 35.8 Å². The van der Waals surface area contributed by atoms with Crippen molar-refractivity contribution in [1.29, 1.82) is 0 Å². The third kappa shape index (κ3) is 6.32. The lowest BCUT2D eigenvalue weighted by Gasteiger charge is -2.34. The van der Waals surface area contributed by atoms with Gasteiger partial charge in [0.2, 0.25) is 10.0 Å². The van der Waals surface area contributed by atoms with Crippen LogP contribution in [0.5, 0.6) is 11.5 Å². The van der Waals surface area contributed by atoms with Crippen molar-refractivity contribution in [2.24, 2.45) is 0 Å². The predicted octanol–water partition coefficient (Wildman–Crippen LogP) is 2.17. The van der Waals surface area contributed by atoms with Crippen molar-refractivity contribution in [1.82, 2.24) is 9.62 Å². The Morgan fingerprint density at radius 1 is 0.902 bits per heavy atom. The first kappa shape index (κ1) is 28.9. The number of hydrogen-bond acceptors (Lipinski definition) is 8. The number of amides is 1. The largest absolute Gasteiger partial charge is 0.492 e. The van der Waals surface area contributed by atoms with Crippen LogP contribution in [0.15, 0.2) is 82.6 Å². The Kier molecular flexibility index (Phi) is 8.50. The zero-order valence-corrected chi connectivity index (χ0v) is 24.1. The molecule has 3 aromatic carbocycles. The van der Waals surface area contributed by atoms with Crippen molar-refractivity contribution in [3.05, 3.63) is 78.4 Å². The van der Waals surface area contributed by atoms with Gasteiger partial charge in [0.15, 0.2) is 6.10 Å². The predicted molar refractivity (Wildman–Crippen MR) is 151 cm³/mol. The Labute approximate surface area is 239 Å². The van der Waals surface area contributed by atoms with E-state index in [9.17, 15) is 21.6 Å².